The molecule has 0 radical (unpaired) electrons. The van der Waals surface area contributed by atoms with Crippen molar-refractivity contribution < 1.29 is 22.7 Å². The fourth-order valence-electron chi connectivity index (χ4n) is 3.48. The zero-order valence-corrected chi connectivity index (χ0v) is 17.8. The van der Waals surface area contributed by atoms with Gasteiger partial charge in [0.15, 0.2) is 0 Å². The quantitative estimate of drug-likeness (QED) is 0.530. The summed E-state index contributed by atoms with van der Waals surface area (Å²) in [5, 5.41) is 2.95. The van der Waals surface area contributed by atoms with E-state index in [9.17, 15) is 18.0 Å². The van der Waals surface area contributed by atoms with Gasteiger partial charge in [-0.25, -0.2) is 4.98 Å². The van der Waals surface area contributed by atoms with Gasteiger partial charge in [-0.15, -0.1) is 0 Å². The highest BCUT2D eigenvalue weighted by Gasteiger charge is 2.30. The van der Waals surface area contributed by atoms with E-state index in [1.54, 1.807) is 18.2 Å². The van der Waals surface area contributed by atoms with Crippen molar-refractivity contribution in [1.82, 2.24) is 20.2 Å². The van der Waals surface area contributed by atoms with E-state index in [1.807, 2.05) is 20.8 Å². The van der Waals surface area contributed by atoms with Gasteiger partial charge < -0.3 is 15.0 Å². The number of fused-ring (bicyclic) bond motifs is 1. The predicted molar refractivity (Wildman–Crippen MR) is 113 cm³/mol. The molecule has 3 aromatic rings. The van der Waals surface area contributed by atoms with Crippen LogP contribution in [0.15, 0.2) is 36.4 Å². The van der Waals surface area contributed by atoms with Crippen LogP contribution < -0.4 is 10.1 Å². The lowest BCUT2D eigenvalue weighted by Crippen LogP contribution is -2.46. The second-order valence-corrected chi connectivity index (χ2v) is 7.10. The first-order chi connectivity index (χ1) is 14.7. The molecule has 3 rings (SSSR count). The Kier molecular flexibility index (Phi) is 6.54. The second kappa shape index (κ2) is 8.97. The van der Waals surface area contributed by atoms with E-state index >= 15 is 0 Å². The van der Waals surface area contributed by atoms with Crippen molar-refractivity contribution in [2.75, 3.05) is 20.2 Å². The number of alkyl halides is 3. The maximum Gasteiger partial charge on any atom is 0.416 e. The molecule has 0 spiro atoms. The molecule has 0 bridgehead atoms. The van der Waals surface area contributed by atoms with E-state index in [0.717, 1.165) is 25.2 Å². The highest BCUT2D eigenvalue weighted by atomic mass is 19.4. The first-order valence-electron chi connectivity index (χ1n) is 9.98. The third kappa shape index (κ3) is 4.82. The largest absolute Gasteiger partial charge is 0.496 e. The lowest BCUT2D eigenvalue weighted by atomic mass is 10.1. The molecular formula is C22H25F3N4O2. The van der Waals surface area contributed by atoms with Crippen LogP contribution in [0.1, 0.15) is 36.7 Å². The van der Waals surface area contributed by atoms with Gasteiger partial charge in [-0.3, -0.25) is 9.69 Å². The number of H-pyrrole nitrogens is 1. The zero-order chi connectivity index (χ0) is 22.8. The molecule has 1 atom stereocenters. The van der Waals surface area contributed by atoms with Crippen molar-refractivity contribution in [3.63, 3.8) is 0 Å². The number of imidazole rings is 1. The van der Waals surface area contributed by atoms with E-state index in [4.69, 9.17) is 4.74 Å². The Morgan fingerprint density at radius 1 is 1.19 bits per heavy atom. The van der Waals surface area contributed by atoms with Crippen LogP contribution in [0.5, 0.6) is 5.75 Å². The highest BCUT2D eigenvalue weighted by Crippen LogP contribution is 2.34. The first-order valence-corrected chi connectivity index (χ1v) is 9.98. The standard InChI is InChI=1S/C22H25F3N4O2/c1-5-29(6-2)13(3)26-21(30)14-7-9-16(19(11-14)31-4)20-27-17-10-8-15(22(23,24)25)12-18(17)28-20/h7-13H,5-6H2,1-4H3,(H,26,30)(H,27,28). The normalized spacial score (nSPS) is 12.9. The molecule has 1 heterocycles. The minimum Gasteiger partial charge on any atom is -0.496 e. The fourth-order valence-corrected chi connectivity index (χ4v) is 3.48. The number of methoxy groups -OCH3 is 1. The minimum atomic E-state index is -4.44. The Morgan fingerprint density at radius 2 is 1.90 bits per heavy atom. The van der Waals surface area contributed by atoms with Crippen molar-refractivity contribution in [3.05, 3.63) is 47.5 Å². The number of nitrogens with zero attached hydrogens (tertiary/aromatic N) is 2. The monoisotopic (exact) mass is 434 g/mol. The number of benzene rings is 2. The van der Waals surface area contributed by atoms with E-state index < -0.39 is 11.7 Å². The number of aromatic nitrogens is 2. The minimum absolute atomic E-state index is 0.133. The molecule has 31 heavy (non-hydrogen) atoms. The summed E-state index contributed by atoms with van der Waals surface area (Å²) in [6, 6.07) is 8.23. The Hall–Kier alpha value is -3.07. The second-order valence-electron chi connectivity index (χ2n) is 7.10. The van der Waals surface area contributed by atoms with Crippen LogP contribution in [0.25, 0.3) is 22.4 Å². The number of hydrogen-bond donors (Lipinski definition) is 2. The summed E-state index contributed by atoms with van der Waals surface area (Å²) in [5.41, 5.74) is 0.869. The SMILES string of the molecule is CCN(CC)C(C)NC(=O)c1ccc(-c2nc3ccc(C(F)(F)F)cc3[nH]2)c(OC)c1. The number of hydrogen-bond acceptors (Lipinski definition) is 4. The van der Waals surface area contributed by atoms with Crippen molar-refractivity contribution in [2.45, 2.75) is 33.1 Å². The molecule has 0 saturated carbocycles. The van der Waals surface area contributed by atoms with Gasteiger partial charge in [0, 0.05) is 5.56 Å². The van der Waals surface area contributed by atoms with Crippen molar-refractivity contribution in [1.29, 1.82) is 0 Å². The van der Waals surface area contributed by atoms with Gasteiger partial charge in [0.1, 0.15) is 11.6 Å². The molecule has 1 amide bonds. The van der Waals surface area contributed by atoms with E-state index in [-0.39, 0.29) is 17.6 Å². The predicted octanol–water partition coefficient (Wildman–Crippen LogP) is 4.67. The van der Waals surface area contributed by atoms with Gasteiger partial charge in [0.05, 0.1) is 35.4 Å². The number of rotatable bonds is 7. The van der Waals surface area contributed by atoms with Gasteiger partial charge in [-0.2, -0.15) is 13.2 Å². The smallest absolute Gasteiger partial charge is 0.416 e. The molecule has 9 heteroatoms. The lowest BCUT2D eigenvalue weighted by Gasteiger charge is -2.27. The Labute approximate surface area is 178 Å². The molecule has 2 aromatic carbocycles. The zero-order valence-electron chi connectivity index (χ0n) is 17.8. The van der Waals surface area contributed by atoms with Gasteiger partial charge >= 0.3 is 6.18 Å². The molecule has 2 N–H and O–H groups in total. The molecule has 6 nitrogen and oxygen atoms in total. The average Bonchev–Trinajstić information content (AvgIpc) is 3.16. The maximum absolute atomic E-state index is 13.0. The van der Waals surface area contributed by atoms with Gasteiger partial charge in [0.2, 0.25) is 0 Å². The third-order valence-electron chi connectivity index (χ3n) is 5.23. The topological polar surface area (TPSA) is 70.2 Å². The van der Waals surface area contributed by atoms with E-state index in [2.05, 4.69) is 20.2 Å². The van der Waals surface area contributed by atoms with Crippen LogP contribution in [-0.4, -0.2) is 47.1 Å². The Morgan fingerprint density at radius 3 is 2.52 bits per heavy atom. The summed E-state index contributed by atoms with van der Waals surface area (Å²) >= 11 is 0. The highest BCUT2D eigenvalue weighted by molar-refractivity contribution is 5.95. The van der Waals surface area contributed by atoms with Crippen molar-refractivity contribution in [3.8, 4) is 17.1 Å². The number of aromatic amines is 1. The molecule has 1 aromatic heterocycles. The van der Waals surface area contributed by atoms with Gasteiger partial charge in [-0.1, -0.05) is 13.8 Å². The molecule has 166 valence electrons. The van der Waals surface area contributed by atoms with Crippen molar-refractivity contribution >= 4 is 16.9 Å². The van der Waals surface area contributed by atoms with Gasteiger partial charge in [0.25, 0.3) is 5.91 Å². The van der Waals surface area contributed by atoms with Crippen molar-refractivity contribution in [2.24, 2.45) is 0 Å². The van der Waals surface area contributed by atoms with Crippen LogP contribution in [0.3, 0.4) is 0 Å². The number of amides is 1. The summed E-state index contributed by atoms with van der Waals surface area (Å²) in [6.45, 7) is 7.58. The molecule has 0 aliphatic carbocycles. The molecule has 0 aliphatic heterocycles. The summed E-state index contributed by atoms with van der Waals surface area (Å²) < 4.78 is 44.4. The van der Waals surface area contributed by atoms with E-state index in [0.29, 0.717) is 28.2 Å². The Balaban J connectivity index is 1.90. The summed E-state index contributed by atoms with van der Waals surface area (Å²) in [6.07, 6.45) is -4.57. The third-order valence-corrected chi connectivity index (χ3v) is 5.23. The van der Waals surface area contributed by atoms with Crippen LogP contribution in [0, 0.1) is 0 Å². The number of halogens is 3. The first kappa shape index (κ1) is 22.6. The number of ether oxygens (including phenoxy) is 1. The number of nitrogens with one attached hydrogen (secondary N) is 2. The Bertz CT molecular complexity index is 1070. The lowest BCUT2D eigenvalue weighted by molar-refractivity contribution is -0.137. The summed E-state index contributed by atoms with van der Waals surface area (Å²) in [4.78, 5) is 22.0. The molecule has 0 saturated heterocycles. The van der Waals surface area contributed by atoms with Crippen LogP contribution in [0.4, 0.5) is 13.2 Å². The number of carbonyl (C=O) groups is 1. The fraction of sp³-hybridized carbons (Fsp3) is 0.364. The molecule has 0 fully saturated rings. The van der Waals surface area contributed by atoms with Crippen LogP contribution >= 0.6 is 0 Å². The maximum atomic E-state index is 13.0. The average molecular weight is 434 g/mol. The summed E-state index contributed by atoms with van der Waals surface area (Å²) in [5.74, 6) is 0.497. The molecular weight excluding hydrogens is 409 g/mol. The van der Waals surface area contributed by atoms with Crippen LogP contribution in [-0.2, 0) is 6.18 Å². The summed E-state index contributed by atoms with van der Waals surface area (Å²) in [7, 11) is 1.46. The van der Waals surface area contributed by atoms with Crippen LogP contribution in [0.2, 0.25) is 0 Å². The molecule has 0 aliphatic rings. The number of carbonyl (C=O) groups excluding carboxylic acids is 1. The molecule has 1 unspecified atom stereocenters. The van der Waals surface area contributed by atoms with Gasteiger partial charge in [-0.05, 0) is 56.4 Å². The van der Waals surface area contributed by atoms with E-state index in [1.165, 1.54) is 13.2 Å².